The molecule has 0 heterocycles. The predicted octanol–water partition coefficient (Wildman–Crippen LogP) is 4.32. The summed E-state index contributed by atoms with van der Waals surface area (Å²) < 4.78 is 13.3. The Hall–Kier alpha value is -0.600. The summed E-state index contributed by atoms with van der Waals surface area (Å²) in [6.45, 7) is 4.22. The van der Waals surface area contributed by atoms with Crippen molar-refractivity contribution < 1.29 is 4.39 Å². The number of halogens is 2. The Labute approximate surface area is 108 Å². The molecule has 0 spiro atoms. The minimum atomic E-state index is -0.363. The van der Waals surface area contributed by atoms with Crippen molar-refractivity contribution in [2.24, 2.45) is 5.73 Å². The fourth-order valence-corrected chi connectivity index (χ4v) is 2.18. The van der Waals surface area contributed by atoms with Crippen molar-refractivity contribution in [2.75, 3.05) is 0 Å². The van der Waals surface area contributed by atoms with E-state index in [1.54, 1.807) is 6.07 Å². The molecule has 0 bridgehead atoms. The van der Waals surface area contributed by atoms with Gasteiger partial charge < -0.3 is 5.73 Å². The van der Waals surface area contributed by atoms with E-state index in [-0.39, 0.29) is 16.4 Å². The SMILES string of the molecule is CCCCC(N)(CC)Cc1cccc(F)c1Cl. The summed E-state index contributed by atoms with van der Waals surface area (Å²) in [5, 5.41) is 0.215. The quantitative estimate of drug-likeness (QED) is 0.807. The third-order valence-electron chi connectivity index (χ3n) is 3.31. The second-order valence-corrected chi connectivity index (χ2v) is 5.09. The number of hydrogen-bond acceptors (Lipinski definition) is 1. The average molecular weight is 258 g/mol. The van der Waals surface area contributed by atoms with Crippen molar-refractivity contribution in [3.05, 3.63) is 34.6 Å². The third kappa shape index (κ3) is 3.97. The second-order valence-electron chi connectivity index (χ2n) is 4.71. The van der Waals surface area contributed by atoms with E-state index in [0.29, 0.717) is 6.42 Å². The van der Waals surface area contributed by atoms with E-state index in [2.05, 4.69) is 13.8 Å². The maximum atomic E-state index is 13.3. The average Bonchev–Trinajstić information content (AvgIpc) is 2.33. The molecule has 2 N–H and O–H groups in total. The zero-order valence-corrected chi connectivity index (χ0v) is 11.4. The molecule has 0 aliphatic carbocycles. The van der Waals surface area contributed by atoms with Crippen LogP contribution >= 0.6 is 11.6 Å². The molecule has 1 rings (SSSR count). The molecule has 1 aromatic carbocycles. The van der Waals surface area contributed by atoms with Crippen LogP contribution in [0.2, 0.25) is 5.02 Å². The van der Waals surface area contributed by atoms with Crippen LogP contribution in [0, 0.1) is 5.82 Å². The fourth-order valence-electron chi connectivity index (χ4n) is 1.98. The van der Waals surface area contributed by atoms with Crippen molar-refractivity contribution in [2.45, 2.75) is 51.5 Å². The Bertz CT molecular complexity index is 367. The molecule has 0 fully saturated rings. The summed E-state index contributed by atoms with van der Waals surface area (Å²) in [6, 6.07) is 4.92. The van der Waals surface area contributed by atoms with Crippen LogP contribution in [-0.2, 0) is 6.42 Å². The van der Waals surface area contributed by atoms with Gasteiger partial charge in [-0.1, -0.05) is 50.4 Å². The van der Waals surface area contributed by atoms with E-state index in [1.165, 1.54) is 6.07 Å². The third-order valence-corrected chi connectivity index (χ3v) is 3.73. The number of benzene rings is 1. The van der Waals surface area contributed by atoms with Gasteiger partial charge in [0.25, 0.3) is 0 Å². The van der Waals surface area contributed by atoms with Crippen molar-refractivity contribution in [3.8, 4) is 0 Å². The molecule has 0 saturated heterocycles. The molecule has 0 saturated carbocycles. The van der Waals surface area contributed by atoms with Crippen LogP contribution < -0.4 is 5.73 Å². The topological polar surface area (TPSA) is 26.0 Å². The highest BCUT2D eigenvalue weighted by molar-refractivity contribution is 6.31. The van der Waals surface area contributed by atoms with Gasteiger partial charge in [0.2, 0.25) is 0 Å². The van der Waals surface area contributed by atoms with Crippen LogP contribution in [0.1, 0.15) is 45.1 Å². The van der Waals surface area contributed by atoms with Crippen LogP contribution in [0.4, 0.5) is 4.39 Å². The van der Waals surface area contributed by atoms with E-state index >= 15 is 0 Å². The van der Waals surface area contributed by atoms with E-state index in [1.807, 2.05) is 6.07 Å². The minimum Gasteiger partial charge on any atom is -0.325 e. The summed E-state index contributed by atoms with van der Waals surface area (Å²) in [5.41, 5.74) is 6.90. The summed E-state index contributed by atoms with van der Waals surface area (Å²) >= 11 is 5.96. The van der Waals surface area contributed by atoms with Crippen molar-refractivity contribution in [3.63, 3.8) is 0 Å². The largest absolute Gasteiger partial charge is 0.325 e. The van der Waals surface area contributed by atoms with Gasteiger partial charge in [0.05, 0.1) is 5.02 Å². The summed E-state index contributed by atoms with van der Waals surface area (Å²) in [7, 11) is 0. The first kappa shape index (κ1) is 14.5. The van der Waals surface area contributed by atoms with Gasteiger partial charge >= 0.3 is 0 Å². The summed E-state index contributed by atoms with van der Waals surface area (Å²) in [6.07, 6.45) is 4.68. The van der Waals surface area contributed by atoms with E-state index in [9.17, 15) is 4.39 Å². The highest BCUT2D eigenvalue weighted by atomic mass is 35.5. The van der Waals surface area contributed by atoms with Crippen LogP contribution in [-0.4, -0.2) is 5.54 Å². The molecule has 96 valence electrons. The van der Waals surface area contributed by atoms with E-state index in [0.717, 1.165) is 31.2 Å². The first-order chi connectivity index (χ1) is 8.02. The van der Waals surface area contributed by atoms with Gasteiger partial charge in [-0.15, -0.1) is 0 Å². The molecule has 0 radical (unpaired) electrons. The zero-order valence-electron chi connectivity index (χ0n) is 10.6. The summed E-state index contributed by atoms with van der Waals surface area (Å²) in [5.74, 6) is -0.363. The Kier molecular flexibility index (Phi) is 5.41. The van der Waals surface area contributed by atoms with Crippen molar-refractivity contribution in [1.29, 1.82) is 0 Å². The molecule has 3 heteroatoms. The molecule has 0 aliphatic rings. The lowest BCUT2D eigenvalue weighted by Gasteiger charge is -2.28. The normalized spacial score (nSPS) is 14.6. The Morgan fingerprint density at radius 1 is 1.35 bits per heavy atom. The lowest BCUT2D eigenvalue weighted by atomic mass is 9.84. The minimum absolute atomic E-state index is 0.215. The molecule has 17 heavy (non-hydrogen) atoms. The van der Waals surface area contributed by atoms with Crippen molar-refractivity contribution >= 4 is 11.6 Å². The predicted molar refractivity (Wildman–Crippen MR) is 71.8 cm³/mol. The van der Waals surface area contributed by atoms with Gasteiger partial charge in [-0.25, -0.2) is 4.39 Å². The Morgan fingerprint density at radius 3 is 2.65 bits per heavy atom. The maximum absolute atomic E-state index is 13.3. The lowest BCUT2D eigenvalue weighted by molar-refractivity contribution is 0.364. The zero-order chi connectivity index (χ0) is 12.9. The molecular formula is C14H21ClFN. The molecule has 1 nitrogen and oxygen atoms in total. The standard InChI is InChI=1S/C14H21ClFN/c1-3-5-9-14(17,4-2)10-11-7-6-8-12(16)13(11)15/h6-8H,3-5,9-10,17H2,1-2H3. The maximum Gasteiger partial charge on any atom is 0.142 e. The van der Waals surface area contributed by atoms with Gasteiger partial charge in [0.1, 0.15) is 5.82 Å². The number of rotatable bonds is 6. The van der Waals surface area contributed by atoms with Crippen molar-refractivity contribution in [1.82, 2.24) is 0 Å². The Morgan fingerprint density at radius 2 is 2.06 bits per heavy atom. The fraction of sp³-hybridized carbons (Fsp3) is 0.571. The summed E-state index contributed by atoms with van der Waals surface area (Å²) in [4.78, 5) is 0. The molecular weight excluding hydrogens is 237 g/mol. The monoisotopic (exact) mass is 257 g/mol. The smallest absolute Gasteiger partial charge is 0.142 e. The number of unbranched alkanes of at least 4 members (excludes halogenated alkanes) is 1. The molecule has 1 atom stereocenters. The number of hydrogen-bond donors (Lipinski definition) is 1. The van der Waals surface area contributed by atoms with Crippen LogP contribution in [0.15, 0.2) is 18.2 Å². The molecule has 0 aliphatic heterocycles. The highest BCUT2D eigenvalue weighted by Gasteiger charge is 2.24. The molecule has 0 amide bonds. The molecule has 0 aromatic heterocycles. The van der Waals surface area contributed by atoms with Gasteiger partial charge in [-0.2, -0.15) is 0 Å². The first-order valence-corrected chi connectivity index (χ1v) is 6.62. The van der Waals surface area contributed by atoms with Gasteiger partial charge in [0.15, 0.2) is 0 Å². The van der Waals surface area contributed by atoms with Crippen LogP contribution in [0.3, 0.4) is 0 Å². The van der Waals surface area contributed by atoms with Gasteiger partial charge in [-0.3, -0.25) is 0 Å². The first-order valence-electron chi connectivity index (χ1n) is 6.24. The van der Waals surface area contributed by atoms with E-state index < -0.39 is 0 Å². The highest BCUT2D eigenvalue weighted by Crippen LogP contribution is 2.27. The van der Waals surface area contributed by atoms with E-state index in [4.69, 9.17) is 17.3 Å². The second kappa shape index (κ2) is 6.36. The van der Waals surface area contributed by atoms with Gasteiger partial charge in [0, 0.05) is 5.54 Å². The molecule has 1 unspecified atom stereocenters. The lowest BCUT2D eigenvalue weighted by Crippen LogP contribution is -2.41. The number of nitrogens with two attached hydrogens (primary N) is 1. The Balaban J connectivity index is 2.83. The molecule has 1 aromatic rings. The van der Waals surface area contributed by atoms with Crippen LogP contribution in [0.5, 0.6) is 0 Å². The van der Waals surface area contributed by atoms with Crippen LogP contribution in [0.25, 0.3) is 0 Å². The van der Waals surface area contributed by atoms with Gasteiger partial charge in [-0.05, 0) is 30.9 Å².